The molecule has 1 amide bonds. The molecule has 2 rings (SSSR count). The molecule has 0 bridgehead atoms. The van der Waals surface area contributed by atoms with Gasteiger partial charge in [-0.3, -0.25) is 10.1 Å². The van der Waals surface area contributed by atoms with Gasteiger partial charge in [-0.2, -0.15) is 13.2 Å². The number of hydrogen-bond donors (Lipinski definition) is 1. The highest BCUT2D eigenvalue weighted by Crippen LogP contribution is 2.34. The Bertz CT molecular complexity index is 859. The summed E-state index contributed by atoms with van der Waals surface area (Å²) in [6.45, 7) is 1.47. The van der Waals surface area contributed by atoms with Crippen molar-refractivity contribution in [2.24, 2.45) is 0 Å². The van der Waals surface area contributed by atoms with E-state index in [1.54, 1.807) is 0 Å². The average molecular weight is 349 g/mol. The molecular weight excluding hydrogens is 339 g/mol. The Morgan fingerprint density at radius 3 is 2.39 bits per heavy atom. The lowest BCUT2D eigenvalue weighted by molar-refractivity contribution is -0.139. The van der Waals surface area contributed by atoms with Crippen LogP contribution in [0.25, 0.3) is 0 Å². The van der Waals surface area contributed by atoms with E-state index >= 15 is 0 Å². The van der Waals surface area contributed by atoms with E-state index in [1.807, 2.05) is 0 Å². The number of anilines is 1. The van der Waals surface area contributed by atoms with Gasteiger partial charge in [-0.1, -0.05) is 5.10 Å². The number of nitrogens with zero attached hydrogens (tertiary/aromatic N) is 2. The van der Waals surface area contributed by atoms with Crippen molar-refractivity contribution in [3.8, 4) is 0 Å². The van der Waals surface area contributed by atoms with E-state index in [2.05, 4.69) is 15.5 Å². The fourth-order valence-electron chi connectivity index (χ4n) is 1.72. The number of carbonyl (C=O) groups excluding carboxylic acids is 1. The van der Waals surface area contributed by atoms with Crippen molar-refractivity contribution in [3.63, 3.8) is 0 Å². The Hall–Kier alpha value is -2.43. The zero-order valence-electron chi connectivity index (χ0n) is 11.8. The first kappa shape index (κ1) is 16.9. The minimum Gasteiger partial charge on any atom is -0.408 e. The minimum atomic E-state index is -4.86. The number of carbonyl (C=O) groups is 1. The van der Waals surface area contributed by atoms with Crippen LogP contribution in [0.1, 0.15) is 21.8 Å². The molecule has 0 aliphatic heterocycles. The third-order valence-corrected chi connectivity index (χ3v) is 3.83. The number of alkyl halides is 3. The van der Waals surface area contributed by atoms with Crippen LogP contribution in [0, 0.1) is 6.92 Å². The van der Waals surface area contributed by atoms with Gasteiger partial charge in [0.25, 0.3) is 5.91 Å². The maximum absolute atomic E-state index is 12.9. The molecule has 23 heavy (non-hydrogen) atoms. The van der Waals surface area contributed by atoms with E-state index < -0.39 is 32.4 Å². The summed E-state index contributed by atoms with van der Waals surface area (Å²) in [5.41, 5.74) is -1.64. The average Bonchev–Trinajstić information content (AvgIpc) is 2.81. The van der Waals surface area contributed by atoms with Crippen molar-refractivity contribution in [3.05, 3.63) is 35.2 Å². The normalized spacial score (nSPS) is 12.2. The summed E-state index contributed by atoms with van der Waals surface area (Å²) in [5, 5.41) is 9.11. The number of aryl methyl sites for hydroxylation is 1. The molecule has 0 aliphatic carbocycles. The molecule has 1 N–H and O–H groups in total. The molecule has 0 saturated carbocycles. The predicted molar refractivity (Wildman–Crippen MR) is 71.5 cm³/mol. The van der Waals surface area contributed by atoms with Crippen LogP contribution in [0.4, 0.5) is 19.2 Å². The van der Waals surface area contributed by atoms with E-state index in [0.717, 1.165) is 6.07 Å². The second kappa shape index (κ2) is 5.65. The van der Waals surface area contributed by atoms with Gasteiger partial charge in [-0.25, -0.2) is 8.42 Å². The number of aromatic nitrogens is 2. The van der Waals surface area contributed by atoms with Crippen molar-refractivity contribution < 1.29 is 30.8 Å². The molecule has 7 nitrogen and oxygen atoms in total. The van der Waals surface area contributed by atoms with Crippen LogP contribution < -0.4 is 5.32 Å². The molecule has 1 heterocycles. The Morgan fingerprint density at radius 1 is 1.26 bits per heavy atom. The van der Waals surface area contributed by atoms with Gasteiger partial charge in [-0.15, -0.1) is 5.10 Å². The van der Waals surface area contributed by atoms with E-state index in [1.165, 1.54) is 6.92 Å². The molecule has 0 radical (unpaired) electrons. The summed E-state index contributed by atoms with van der Waals surface area (Å²) in [6, 6.07) is 1.78. The van der Waals surface area contributed by atoms with Crippen LogP contribution in [0.3, 0.4) is 0 Å². The van der Waals surface area contributed by atoms with Crippen molar-refractivity contribution in [1.29, 1.82) is 0 Å². The number of sulfone groups is 1. The molecule has 1 aromatic heterocycles. The molecule has 0 spiro atoms. The smallest absolute Gasteiger partial charge is 0.408 e. The van der Waals surface area contributed by atoms with Crippen LogP contribution in [0.2, 0.25) is 0 Å². The van der Waals surface area contributed by atoms with Crippen LogP contribution in [-0.4, -0.2) is 30.8 Å². The molecule has 1 aromatic carbocycles. The van der Waals surface area contributed by atoms with Crippen molar-refractivity contribution in [2.45, 2.75) is 18.0 Å². The molecule has 0 atom stereocenters. The third-order valence-electron chi connectivity index (χ3n) is 2.70. The van der Waals surface area contributed by atoms with Crippen molar-refractivity contribution in [2.75, 3.05) is 11.6 Å². The molecule has 0 unspecified atom stereocenters. The lowest BCUT2D eigenvalue weighted by Gasteiger charge is -2.12. The second-order valence-electron chi connectivity index (χ2n) is 4.56. The van der Waals surface area contributed by atoms with Gasteiger partial charge in [0.15, 0.2) is 9.84 Å². The van der Waals surface area contributed by atoms with E-state index in [9.17, 15) is 26.4 Å². The summed E-state index contributed by atoms with van der Waals surface area (Å²) in [6.07, 6.45) is -4.24. The lowest BCUT2D eigenvalue weighted by Crippen LogP contribution is -2.17. The predicted octanol–water partition coefficient (Wildman–Crippen LogP) is 2.05. The Kier molecular flexibility index (Phi) is 4.16. The van der Waals surface area contributed by atoms with Gasteiger partial charge < -0.3 is 4.42 Å². The Balaban J connectivity index is 2.43. The molecule has 0 saturated heterocycles. The summed E-state index contributed by atoms with van der Waals surface area (Å²) in [7, 11) is -4.19. The zero-order valence-corrected chi connectivity index (χ0v) is 12.6. The zero-order chi connectivity index (χ0) is 17.4. The van der Waals surface area contributed by atoms with Gasteiger partial charge in [0.1, 0.15) is 0 Å². The lowest BCUT2D eigenvalue weighted by atomic mass is 10.1. The minimum absolute atomic E-state index is 0.171. The SMILES string of the molecule is Cc1nnc(NC(=O)c2ccc(C(F)(F)F)c(S(C)(=O)=O)c2)o1. The largest absolute Gasteiger partial charge is 0.417 e. The fraction of sp³-hybridized carbons (Fsp3) is 0.250. The van der Waals surface area contributed by atoms with Crippen molar-refractivity contribution in [1.82, 2.24) is 10.2 Å². The standard InChI is InChI=1S/C12H10F3N3O4S/c1-6-17-18-11(22-6)16-10(19)7-3-4-8(12(13,14)15)9(5-7)23(2,20)21/h3-5H,1-2H3,(H,16,18,19). The van der Waals surface area contributed by atoms with Crippen LogP contribution in [0.5, 0.6) is 0 Å². The first-order chi connectivity index (χ1) is 10.5. The van der Waals surface area contributed by atoms with Gasteiger partial charge in [-0.05, 0) is 18.2 Å². The fourth-order valence-corrected chi connectivity index (χ4v) is 2.65. The highest BCUT2D eigenvalue weighted by molar-refractivity contribution is 7.90. The number of amides is 1. The highest BCUT2D eigenvalue weighted by Gasteiger charge is 2.36. The van der Waals surface area contributed by atoms with Gasteiger partial charge in [0.05, 0.1) is 10.5 Å². The number of benzene rings is 1. The summed E-state index contributed by atoms with van der Waals surface area (Å²) >= 11 is 0. The quantitative estimate of drug-likeness (QED) is 0.910. The molecule has 0 fully saturated rings. The van der Waals surface area contributed by atoms with Gasteiger partial charge in [0.2, 0.25) is 5.89 Å². The molecule has 2 aromatic rings. The van der Waals surface area contributed by atoms with Gasteiger partial charge in [0, 0.05) is 18.7 Å². The van der Waals surface area contributed by atoms with Crippen molar-refractivity contribution >= 4 is 21.8 Å². The third kappa shape index (κ3) is 3.86. The first-order valence-electron chi connectivity index (χ1n) is 6.01. The van der Waals surface area contributed by atoms with Gasteiger partial charge >= 0.3 is 12.2 Å². The summed E-state index contributed by atoms with van der Waals surface area (Å²) < 4.78 is 66.6. The van der Waals surface area contributed by atoms with E-state index in [-0.39, 0.29) is 17.5 Å². The summed E-state index contributed by atoms with van der Waals surface area (Å²) in [4.78, 5) is 11.0. The van der Waals surface area contributed by atoms with Crippen LogP contribution in [0.15, 0.2) is 27.5 Å². The first-order valence-corrected chi connectivity index (χ1v) is 7.90. The molecule has 0 aliphatic rings. The molecular formula is C12H10F3N3O4S. The number of halogens is 3. The Labute approximate surface area is 128 Å². The second-order valence-corrected chi connectivity index (χ2v) is 6.55. The maximum atomic E-state index is 12.9. The highest BCUT2D eigenvalue weighted by atomic mass is 32.2. The Morgan fingerprint density at radius 2 is 1.91 bits per heavy atom. The summed E-state index contributed by atoms with van der Waals surface area (Å²) in [5.74, 6) is -0.711. The topological polar surface area (TPSA) is 102 Å². The number of hydrogen-bond acceptors (Lipinski definition) is 6. The number of nitrogens with one attached hydrogen (secondary N) is 1. The van der Waals surface area contributed by atoms with Crippen LogP contribution in [-0.2, 0) is 16.0 Å². The van der Waals surface area contributed by atoms with E-state index in [0.29, 0.717) is 18.4 Å². The number of rotatable bonds is 3. The monoisotopic (exact) mass is 349 g/mol. The van der Waals surface area contributed by atoms with Crippen LogP contribution >= 0.6 is 0 Å². The molecule has 124 valence electrons. The maximum Gasteiger partial charge on any atom is 0.417 e. The molecule has 11 heteroatoms. The van der Waals surface area contributed by atoms with E-state index in [4.69, 9.17) is 4.42 Å².